The first-order valence-corrected chi connectivity index (χ1v) is 7.81. The molecule has 2 amide bonds. The lowest BCUT2D eigenvalue weighted by Gasteiger charge is -2.09. The summed E-state index contributed by atoms with van der Waals surface area (Å²) in [7, 11) is 3.21. The van der Waals surface area contributed by atoms with Gasteiger partial charge in [-0.1, -0.05) is 11.6 Å². The van der Waals surface area contributed by atoms with Crippen molar-refractivity contribution in [2.24, 2.45) is 0 Å². The summed E-state index contributed by atoms with van der Waals surface area (Å²) < 4.78 is 9.84. The average molecular weight is 343 g/mol. The number of hydrogen-bond donors (Lipinski definition) is 2. The van der Waals surface area contributed by atoms with Gasteiger partial charge in [0, 0.05) is 46.1 Å². The van der Waals surface area contributed by atoms with Crippen LogP contribution in [-0.2, 0) is 9.47 Å². The number of rotatable bonds is 10. The molecular formula is C16H23ClN2O4. The van der Waals surface area contributed by atoms with Crippen LogP contribution in [0, 0.1) is 0 Å². The van der Waals surface area contributed by atoms with Crippen molar-refractivity contribution in [2.45, 2.75) is 12.8 Å². The third kappa shape index (κ3) is 6.99. The first kappa shape index (κ1) is 19.4. The lowest BCUT2D eigenvalue weighted by Crippen LogP contribution is -2.27. The van der Waals surface area contributed by atoms with Crippen LogP contribution in [-0.4, -0.2) is 52.3 Å². The highest BCUT2D eigenvalue weighted by molar-refractivity contribution is 6.34. The monoisotopic (exact) mass is 342 g/mol. The summed E-state index contributed by atoms with van der Waals surface area (Å²) in [5.41, 5.74) is 0.683. The molecule has 1 aromatic rings. The molecule has 0 spiro atoms. The third-order valence-electron chi connectivity index (χ3n) is 3.09. The number of amides is 2. The molecule has 0 aromatic heterocycles. The smallest absolute Gasteiger partial charge is 0.252 e. The Morgan fingerprint density at radius 1 is 1.00 bits per heavy atom. The van der Waals surface area contributed by atoms with Gasteiger partial charge in [-0.2, -0.15) is 0 Å². The molecule has 6 nitrogen and oxygen atoms in total. The second kappa shape index (κ2) is 11.0. The molecule has 1 aromatic carbocycles. The second-order valence-corrected chi connectivity index (χ2v) is 5.31. The molecule has 0 saturated heterocycles. The molecule has 128 valence electrons. The molecule has 0 aliphatic carbocycles. The van der Waals surface area contributed by atoms with E-state index in [4.69, 9.17) is 21.1 Å². The minimum absolute atomic E-state index is 0.244. The lowest BCUT2D eigenvalue weighted by atomic mass is 10.1. The molecular weight excluding hydrogens is 320 g/mol. The fourth-order valence-electron chi connectivity index (χ4n) is 1.87. The van der Waals surface area contributed by atoms with Gasteiger partial charge in [-0.25, -0.2) is 0 Å². The van der Waals surface area contributed by atoms with E-state index in [2.05, 4.69) is 10.6 Å². The van der Waals surface area contributed by atoms with E-state index in [9.17, 15) is 9.59 Å². The number of ether oxygens (including phenoxy) is 2. The molecule has 0 bridgehead atoms. The van der Waals surface area contributed by atoms with Crippen molar-refractivity contribution in [3.63, 3.8) is 0 Å². The van der Waals surface area contributed by atoms with E-state index in [1.165, 1.54) is 6.07 Å². The number of methoxy groups -OCH3 is 2. The number of benzene rings is 1. The highest BCUT2D eigenvalue weighted by Gasteiger charge is 2.14. The van der Waals surface area contributed by atoms with Crippen molar-refractivity contribution in [3.05, 3.63) is 34.3 Å². The zero-order valence-electron chi connectivity index (χ0n) is 13.5. The molecule has 0 saturated carbocycles. The van der Waals surface area contributed by atoms with Gasteiger partial charge in [0.05, 0.1) is 10.6 Å². The van der Waals surface area contributed by atoms with Crippen LogP contribution in [0.25, 0.3) is 0 Å². The standard InChI is InChI=1S/C16H23ClN2O4/c1-22-9-3-7-18-15(20)12-5-6-14(17)13(11-12)16(21)19-8-4-10-23-2/h5-6,11H,3-4,7-10H2,1-2H3,(H,18,20)(H,19,21). The Morgan fingerprint density at radius 3 is 2.13 bits per heavy atom. The number of hydrogen-bond acceptors (Lipinski definition) is 4. The molecule has 23 heavy (non-hydrogen) atoms. The van der Waals surface area contributed by atoms with Crippen molar-refractivity contribution in [1.82, 2.24) is 10.6 Å². The molecule has 0 unspecified atom stereocenters. The van der Waals surface area contributed by atoms with Gasteiger partial charge in [-0.05, 0) is 31.0 Å². The Morgan fingerprint density at radius 2 is 1.57 bits per heavy atom. The average Bonchev–Trinajstić information content (AvgIpc) is 2.55. The number of halogens is 1. The van der Waals surface area contributed by atoms with E-state index < -0.39 is 0 Å². The van der Waals surface area contributed by atoms with E-state index in [0.29, 0.717) is 43.3 Å². The maximum Gasteiger partial charge on any atom is 0.252 e. The predicted octanol–water partition coefficient (Wildman–Crippen LogP) is 1.87. The summed E-state index contributed by atoms with van der Waals surface area (Å²) in [5, 5.41) is 5.83. The van der Waals surface area contributed by atoms with Crippen LogP contribution < -0.4 is 10.6 Å². The molecule has 2 N–H and O–H groups in total. The van der Waals surface area contributed by atoms with Crippen LogP contribution >= 0.6 is 11.6 Å². The summed E-state index contributed by atoms with van der Waals surface area (Å²) >= 11 is 6.05. The molecule has 0 radical (unpaired) electrons. The second-order valence-electron chi connectivity index (χ2n) is 4.90. The molecule has 1 rings (SSSR count). The highest BCUT2D eigenvalue weighted by Crippen LogP contribution is 2.17. The molecule has 0 aliphatic heterocycles. The molecule has 0 heterocycles. The SMILES string of the molecule is COCCCNC(=O)c1ccc(Cl)c(C(=O)NCCCOC)c1. The van der Waals surface area contributed by atoms with E-state index in [1.807, 2.05) is 0 Å². The van der Waals surface area contributed by atoms with Crippen molar-refractivity contribution in [1.29, 1.82) is 0 Å². The zero-order chi connectivity index (χ0) is 17.1. The van der Waals surface area contributed by atoms with E-state index >= 15 is 0 Å². The topological polar surface area (TPSA) is 76.7 Å². The minimum Gasteiger partial charge on any atom is -0.385 e. The minimum atomic E-state index is -0.305. The Labute approximate surface area is 141 Å². The van der Waals surface area contributed by atoms with Gasteiger partial charge in [0.1, 0.15) is 0 Å². The maximum absolute atomic E-state index is 12.1. The molecule has 7 heteroatoms. The number of carbonyl (C=O) groups is 2. The Hall–Kier alpha value is -1.63. The van der Waals surface area contributed by atoms with Crippen LogP contribution in [0.15, 0.2) is 18.2 Å². The zero-order valence-corrected chi connectivity index (χ0v) is 14.2. The first-order valence-electron chi connectivity index (χ1n) is 7.44. The van der Waals surface area contributed by atoms with Crippen LogP contribution in [0.4, 0.5) is 0 Å². The highest BCUT2D eigenvalue weighted by atomic mass is 35.5. The largest absolute Gasteiger partial charge is 0.385 e. The van der Waals surface area contributed by atoms with Crippen LogP contribution in [0.5, 0.6) is 0 Å². The fraction of sp³-hybridized carbons (Fsp3) is 0.500. The van der Waals surface area contributed by atoms with Crippen LogP contribution in [0.1, 0.15) is 33.6 Å². The van der Waals surface area contributed by atoms with Gasteiger partial charge in [0.15, 0.2) is 0 Å². The summed E-state index contributed by atoms with van der Waals surface area (Å²) in [4.78, 5) is 24.2. The number of nitrogens with one attached hydrogen (secondary N) is 2. The summed E-state index contributed by atoms with van der Waals surface area (Å²) in [6, 6.07) is 4.64. The van der Waals surface area contributed by atoms with Gasteiger partial charge in [0.25, 0.3) is 11.8 Å². The first-order chi connectivity index (χ1) is 11.1. The fourth-order valence-corrected chi connectivity index (χ4v) is 2.08. The van der Waals surface area contributed by atoms with E-state index in [1.54, 1.807) is 26.4 Å². The van der Waals surface area contributed by atoms with Crippen molar-refractivity contribution >= 4 is 23.4 Å². The molecule has 0 aliphatic rings. The van der Waals surface area contributed by atoms with Gasteiger partial charge < -0.3 is 20.1 Å². The lowest BCUT2D eigenvalue weighted by molar-refractivity contribution is 0.0947. The van der Waals surface area contributed by atoms with Gasteiger partial charge >= 0.3 is 0 Å². The molecule has 0 atom stereocenters. The van der Waals surface area contributed by atoms with Crippen LogP contribution in [0.3, 0.4) is 0 Å². The third-order valence-corrected chi connectivity index (χ3v) is 3.42. The van der Waals surface area contributed by atoms with Gasteiger partial charge in [0.2, 0.25) is 0 Å². The maximum atomic E-state index is 12.1. The summed E-state index contributed by atoms with van der Waals surface area (Å²) in [6.45, 7) is 2.14. The normalized spacial score (nSPS) is 10.4. The summed E-state index contributed by atoms with van der Waals surface area (Å²) in [6.07, 6.45) is 1.43. The van der Waals surface area contributed by atoms with Crippen molar-refractivity contribution in [3.8, 4) is 0 Å². The van der Waals surface area contributed by atoms with E-state index in [0.717, 1.165) is 6.42 Å². The quantitative estimate of drug-likeness (QED) is 0.636. The van der Waals surface area contributed by atoms with Crippen LogP contribution in [0.2, 0.25) is 5.02 Å². The van der Waals surface area contributed by atoms with Gasteiger partial charge in [-0.15, -0.1) is 0 Å². The van der Waals surface area contributed by atoms with E-state index in [-0.39, 0.29) is 17.4 Å². The Bertz CT molecular complexity index is 523. The summed E-state index contributed by atoms with van der Waals surface area (Å²) in [5.74, 6) is -0.550. The van der Waals surface area contributed by atoms with Crippen molar-refractivity contribution in [2.75, 3.05) is 40.5 Å². The number of carbonyl (C=O) groups excluding carboxylic acids is 2. The predicted molar refractivity (Wildman–Crippen MR) is 89.1 cm³/mol. The van der Waals surface area contributed by atoms with Gasteiger partial charge in [-0.3, -0.25) is 9.59 Å². The Balaban J connectivity index is 2.63. The Kier molecular flexibility index (Phi) is 9.28. The van der Waals surface area contributed by atoms with Crippen molar-refractivity contribution < 1.29 is 19.1 Å². The molecule has 0 fully saturated rings.